The molecule has 2 aromatic rings. The average molecular weight is 417 g/mol. The zero-order valence-electron chi connectivity index (χ0n) is 14.7. The van der Waals surface area contributed by atoms with E-state index in [1.807, 2.05) is 0 Å². The summed E-state index contributed by atoms with van der Waals surface area (Å²) in [5.41, 5.74) is -0.961. The zero-order valence-corrected chi connectivity index (χ0v) is 15.4. The molecule has 28 heavy (non-hydrogen) atoms. The van der Waals surface area contributed by atoms with Crippen molar-refractivity contribution in [3.05, 3.63) is 52.9 Å². The van der Waals surface area contributed by atoms with Crippen molar-refractivity contribution in [3.8, 4) is 0 Å². The normalized spacial score (nSPS) is 15.5. The Morgan fingerprint density at radius 2 is 1.93 bits per heavy atom. The van der Waals surface area contributed by atoms with Gasteiger partial charge >= 0.3 is 6.18 Å². The van der Waals surface area contributed by atoms with E-state index >= 15 is 0 Å². The van der Waals surface area contributed by atoms with Crippen molar-refractivity contribution in [2.75, 3.05) is 38.0 Å². The molecule has 0 atom stereocenters. The van der Waals surface area contributed by atoms with Crippen molar-refractivity contribution >= 4 is 29.1 Å². The lowest BCUT2D eigenvalue weighted by molar-refractivity contribution is -0.895. The van der Waals surface area contributed by atoms with E-state index in [-0.39, 0.29) is 23.9 Å². The van der Waals surface area contributed by atoms with Crippen molar-refractivity contribution < 1.29 is 32.1 Å². The molecular formula is C18H18ClF3N3O3+. The van der Waals surface area contributed by atoms with Crippen LogP contribution in [0.1, 0.15) is 16.1 Å². The standard InChI is InChI=1S/C18H17ClF3N3O3/c19-14-4-3-12(10-13(14)18(20,21)22)23-16(26)11-24-5-7-25(8-6-24)17(27)15-2-1-9-28-15/h1-4,9-10H,5-8,11H2,(H,23,26)/p+1. The van der Waals surface area contributed by atoms with Crippen LogP contribution in [0.2, 0.25) is 5.02 Å². The first-order valence-electron chi connectivity index (χ1n) is 8.57. The fourth-order valence-electron chi connectivity index (χ4n) is 3.01. The summed E-state index contributed by atoms with van der Waals surface area (Å²) in [5, 5.41) is 2.05. The highest BCUT2D eigenvalue weighted by Crippen LogP contribution is 2.36. The molecule has 0 radical (unpaired) electrons. The van der Waals surface area contributed by atoms with Gasteiger partial charge < -0.3 is 19.5 Å². The minimum atomic E-state index is -4.60. The maximum absolute atomic E-state index is 12.9. The number of carbonyl (C=O) groups excluding carboxylic acids is 2. The molecule has 1 fully saturated rings. The molecule has 0 unspecified atom stereocenters. The number of piperazine rings is 1. The first kappa shape index (κ1) is 20.2. The third kappa shape index (κ3) is 4.85. The molecule has 10 heteroatoms. The van der Waals surface area contributed by atoms with Crippen LogP contribution in [-0.4, -0.2) is 49.4 Å². The Morgan fingerprint density at radius 1 is 1.21 bits per heavy atom. The first-order chi connectivity index (χ1) is 13.2. The van der Waals surface area contributed by atoms with Crippen LogP contribution >= 0.6 is 11.6 Å². The molecule has 1 aromatic carbocycles. The van der Waals surface area contributed by atoms with Crippen LogP contribution in [0.5, 0.6) is 0 Å². The minimum absolute atomic E-state index is 0.0350. The quantitative estimate of drug-likeness (QED) is 0.800. The second-order valence-electron chi connectivity index (χ2n) is 6.44. The number of alkyl halides is 3. The van der Waals surface area contributed by atoms with Crippen LogP contribution in [0, 0.1) is 0 Å². The van der Waals surface area contributed by atoms with E-state index in [4.69, 9.17) is 16.0 Å². The molecule has 3 rings (SSSR count). The fraction of sp³-hybridized carbons (Fsp3) is 0.333. The number of quaternary nitrogens is 1. The number of carbonyl (C=O) groups is 2. The lowest BCUT2D eigenvalue weighted by Gasteiger charge is -2.31. The lowest BCUT2D eigenvalue weighted by atomic mass is 10.2. The molecule has 0 spiro atoms. The number of halogens is 4. The molecule has 1 aliphatic rings. The molecule has 1 saturated heterocycles. The van der Waals surface area contributed by atoms with Gasteiger partial charge in [0.1, 0.15) is 0 Å². The van der Waals surface area contributed by atoms with Crippen LogP contribution in [0.25, 0.3) is 0 Å². The maximum atomic E-state index is 12.9. The number of hydrogen-bond donors (Lipinski definition) is 2. The summed E-state index contributed by atoms with van der Waals surface area (Å²) in [6.07, 6.45) is -3.17. The van der Waals surface area contributed by atoms with Crippen LogP contribution in [0.15, 0.2) is 41.0 Å². The number of amides is 2. The largest absolute Gasteiger partial charge is 0.459 e. The smallest absolute Gasteiger partial charge is 0.417 e. The minimum Gasteiger partial charge on any atom is -0.459 e. The van der Waals surface area contributed by atoms with E-state index in [9.17, 15) is 22.8 Å². The van der Waals surface area contributed by atoms with Gasteiger partial charge in [-0.1, -0.05) is 11.6 Å². The third-order valence-corrected chi connectivity index (χ3v) is 4.79. The average Bonchev–Trinajstić information content (AvgIpc) is 3.17. The summed E-state index contributed by atoms with van der Waals surface area (Å²) in [6.45, 7) is 2.11. The van der Waals surface area contributed by atoms with Crippen molar-refractivity contribution in [1.29, 1.82) is 0 Å². The molecule has 1 aromatic heterocycles. The summed E-state index contributed by atoms with van der Waals surface area (Å²) in [5.74, 6) is -0.338. The monoisotopic (exact) mass is 416 g/mol. The Balaban J connectivity index is 1.52. The van der Waals surface area contributed by atoms with Crippen LogP contribution in [0.3, 0.4) is 0 Å². The molecular weight excluding hydrogens is 399 g/mol. The van der Waals surface area contributed by atoms with E-state index in [1.54, 1.807) is 17.0 Å². The van der Waals surface area contributed by atoms with E-state index in [1.165, 1.54) is 12.3 Å². The predicted octanol–water partition coefficient (Wildman–Crippen LogP) is 1.93. The van der Waals surface area contributed by atoms with E-state index in [0.717, 1.165) is 17.0 Å². The number of nitrogens with one attached hydrogen (secondary N) is 2. The summed E-state index contributed by atoms with van der Waals surface area (Å²) in [7, 11) is 0. The zero-order chi connectivity index (χ0) is 20.3. The molecule has 0 aliphatic carbocycles. The highest BCUT2D eigenvalue weighted by atomic mass is 35.5. The Morgan fingerprint density at radius 3 is 2.54 bits per heavy atom. The molecule has 1 aliphatic heterocycles. The molecule has 2 heterocycles. The van der Waals surface area contributed by atoms with Gasteiger partial charge in [0.25, 0.3) is 11.8 Å². The van der Waals surface area contributed by atoms with Gasteiger partial charge in [-0.15, -0.1) is 0 Å². The lowest BCUT2D eigenvalue weighted by Crippen LogP contribution is -3.15. The van der Waals surface area contributed by atoms with Gasteiger partial charge in [-0.3, -0.25) is 9.59 Å². The van der Waals surface area contributed by atoms with Crippen molar-refractivity contribution in [2.45, 2.75) is 6.18 Å². The second-order valence-corrected chi connectivity index (χ2v) is 6.84. The highest BCUT2D eigenvalue weighted by Gasteiger charge is 2.33. The first-order valence-corrected chi connectivity index (χ1v) is 8.95. The second kappa shape index (κ2) is 8.24. The van der Waals surface area contributed by atoms with Gasteiger partial charge in [-0.05, 0) is 30.3 Å². The Bertz CT molecular complexity index is 848. The van der Waals surface area contributed by atoms with Gasteiger partial charge in [0.15, 0.2) is 12.3 Å². The van der Waals surface area contributed by atoms with Gasteiger partial charge in [-0.25, -0.2) is 0 Å². The number of benzene rings is 1. The Labute approximate surface area is 163 Å². The number of rotatable bonds is 4. The summed E-state index contributed by atoms with van der Waals surface area (Å²) >= 11 is 5.57. The van der Waals surface area contributed by atoms with E-state index < -0.39 is 22.7 Å². The van der Waals surface area contributed by atoms with Gasteiger partial charge in [0.2, 0.25) is 0 Å². The summed E-state index contributed by atoms with van der Waals surface area (Å²) < 4.78 is 43.8. The SMILES string of the molecule is O=C(C[NH+]1CCN(C(=O)c2ccco2)CC1)Nc1ccc(Cl)c(C(F)(F)F)c1. The Hall–Kier alpha value is -2.52. The van der Waals surface area contributed by atoms with Gasteiger partial charge in [-0.2, -0.15) is 13.2 Å². The molecule has 0 bridgehead atoms. The van der Waals surface area contributed by atoms with Crippen LogP contribution < -0.4 is 10.2 Å². The summed E-state index contributed by atoms with van der Waals surface area (Å²) in [6, 6.07) is 6.47. The molecule has 150 valence electrons. The van der Waals surface area contributed by atoms with E-state index in [0.29, 0.717) is 26.2 Å². The number of nitrogens with zero attached hydrogens (tertiary/aromatic N) is 1. The summed E-state index contributed by atoms with van der Waals surface area (Å²) in [4.78, 5) is 27.0. The molecule has 2 N–H and O–H groups in total. The van der Waals surface area contributed by atoms with Gasteiger partial charge in [0, 0.05) is 5.69 Å². The molecule has 0 saturated carbocycles. The molecule has 6 nitrogen and oxygen atoms in total. The van der Waals surface area contributed by atoms with Gasteiger partial charge in [0.05, 0.1) is 43.0 Å². The van der Waals surface area contributed by atoms with Crippen molar-refractivity contribution in [3.63, 3.8) is 0 Å². The topological polar surface area (TPSA) is 67.0 Å². The number of furan rings is 1. The predicted molar refractivity (Wildman–Crippen MR) is 95.3 cm³/mol. The third-order valence-electron chi connectivity index (χ3n) is 4.46. The van der Waals surface area contributed by atoms with Crippen LogP contribution in [-0.2, 0) is 11.0 Å². The fourth-order valence-corrected chi connectivity index (χ4v) is 3.24. The van der Waals surface area contributed by atoms with E-state index in [2.05, 4.69) is 5.32 Å². The van der Waals surface area contributed by atoms with Crippen molar-refractivity contribution in [2.24, 2.45) is 0 Å². The molecule has 2 amide bonds. The number of anilines is 1. The maximum Gasteiger partial charge on any atom is 0.417 e. The van der Waals surface area contributed by atoms with Crippen molar-refractivity contribution in [1.82, 2.24) is 4.90 Å². The number of hydrogen-bond acceptors (Lipinski definition) is 3. The highest BCUT2D eigenvalue weighted by molar-refractivity contribution is 6.31. The Kier molecular flexibility index (Phi) is 5.95. The van der Waals surface area contributed by atoms with Crippen LogP contribution in [0.4, 0.5) is 18.9 Å².